The first kappa shape index (κ1) is 44.5. The van der Waals surface area contributed by atoms with Gasteiger partial charge in [0.1, 0.15) is 11.5 Å². The number of fused-ring (bicyclic) bond motifs is 1. The number of unbranched alkanes of at least 4 members (excludes halogenated alkanes) is 2. The SMILES string of the molecule is CC(=O)[O-].CC(=O)[O-].CCCCc1cc(C=Nc2cc3ccccc3cc2N=Cc2cc(CCCC)cc(C(C)C)c2O)c(O)c(C(C)C)c1.[Co+2]. The third-order valence-electron chi connectivity index (χ3n) is 7.87. The predicted molar refractivity (Wildman–Crippen MR) is 201 cm³/mol. The number of aryl methyl sites for hydroxylation is 2. The normalized spacial score (nSPS) is 10.9. The van der Waals surface area contributed by atoms with E-state index >= 15 is 0 Å². The predicted octanol–water partition coefficient (Wildman–Crippen LogP) is 8.19. The summed E-state index contributed by atoms with van der Waals surface area (Å²) in [6, 6.07) is 20.6. The molecule has 0 bridgehead atoms. The number of carbonyl (C=O) groups excluding carboxylic acids is 2. The molecule has 2 N–H and O–H groups in total. The van der Waals surface area contributed by atoms with Crippen LogP contribution in [0.3, 0.4) is 0 Å². The molecule has 275 valence electrons. The summed E-state index contributed by atoms with van der Waals surface area (Å²) < 4.78 is 0. The third-order valence-corrected chi connectivity index (χ3v) is 7.87. The molecule has 0 aliphatic carbocycles. The number of rotatable bonds is 12. The standard InChI is InChI=1S/C38H46N2O2.2C2H4O2.Co/c1-7-9-13-27-17-31(37(41)33(19-27)25(3)4)23-39-35-21-29-15-11-12-16-30(29)22-36(35)40-24-32-18-28(14-10-8-2)20-34(26(5)6)38(32)42;2*1-2(3)4;/h11-12,15-26,41-42H,7-10,13-14H2,1-6H3;2*1H3,(H,3,4);/q;;;+2/p-2. The van der Waals surface area contributed by atoms with Gasteiger partial charge in [-0.15, -0.1) is 0 Å². The van der Waals surface area contributed by atoms with E-state index in [0.29, 0.717) is 11.4 Å². The van der Waals surface area contributed by atoms with Crippen LogP contribution < -0.4 is 10.2 Å². The van der Waals surface area contributed by atoms with E-state index in [0.717, 1.165) is 85.4 Å². The Bertz CT molecular complexity index is 1660. The molecule has 4 aromatic rings. The molecule has 9 heteroatoms. The summed E-state index contributed by atoms with van der Waals surface area (Å²) >= 11 is 0. The van der Waals surface area contributed by atoms with Crippen molar-refractivity contribution in [3.05, 3.63) is 94.0 Å². The Morgan fingerprint density at radius 3 is 1.29 bits per heavy atom. The molecule has 0 spiro atoms. The molecule has 0 heterocycles. The van der Waals surface area contributed by atoms with Crippen molar-refractivity contribution >= 4 is 46.5 Å². The second-order valence-electron chi connectivity index (χ2n) is 12.9. The maximum atomic E-state index is 11.1. The van der Waals surface area contributed by atoms with Crippen LogP contribution in [0.1, 0.15) is 126 Å². The molecule has 0 aliphatic heterocycles. The Morgan fingerprint density at radius 1 is 0.667 bits per heavy atom. The number of hydrogen-bond donors (Lipinski definition) is 2. The Hall–Kier alpha value is -4.47. The molecular weight excluding hydrogens is 687 g/mol. The van der Waals surface area contributed by atoms with Gasteiger partial charge in [0, 0.05) is 35.5 Å². The Kier molecular flexibility index (Phi) is 19.5. The van der Waals surface area contributed by atoms with Gasteiger partial charge < -0.3 is 30.0 Å². The van der Waals surface area contributed by atoms with Crippen molar-refractivity contribution in [3.63, 3.8) is 0 Å². The average Bonchev–Trinajstić information content (AvgIpc) is 3.05. The molecule has 0 amide bonds. The topological polar surface area (TPSA) is 145 Å². The summed E-state index contributed by atoms with van der Waals surface area (Å²) in [5.74, 6) is -1.18. The number of carbonyl (C=O) groups is 2. The van der Waals surface area contributed by atoms with Crippen LogP contribution in [0.25, 0.3) is 10.8 Å². The molecule has 8 nitrogen and oxygen atoms in total. The van der Waals surface area contributed by atoms with Crippen LogP contribution in [-0.4, -0.2) is 34.6 Å². The summed E-state index contributed by atoms with van der Waals surface area (Å²) in [7, 11) is 0. The van der Waals surface area contributed by atoms with Crippen molar-refractivity contribution in [2.45, 2.75) is 106 Å². The number of aliphatic carboxylic acids is 2. The van der Waals surface area contributed by atoms with Crippen LogP contribution in [-0.2, 0) is 39.2 Å². The summed E-state index contributed by atoms with van der Waals surface area (Å²) in [6.45, 7) is 14.7. The first-order chi connectivity index (χ1) is 23.7. The van der Waals surface area contributed by atoms with Crippen LogP contribution >= 0.6 is 0 Å². The number of nitrogens with zero attached hydrogens (tertiary/aromatic N) is 2. The number of carboxylic acid groups (broad SMARTS) is 2. The number of phenolic OH excluding ortho intramolecular Hbond substituents is 2. The van der Waals surface area contributed by atoms with Crippen molar-refractivity contribution in [3.8, 4) is 11.5 Å². The van der Waals surface area contributed by atoms with Crippen LogP contribution in [0.2, 0.25) is 0 Å². The van der Waals surface area contributed by atoms with Gasteiger partial charge in [0.15, 0.2) is 0 Å². The van der Waals surface area contributed by atoms with Gasteiger partial charge in [-0.25, -0.2) is 0 Å². The van der Waals surface area contributed by atoms with E-state index < -0.39 is 11.9 Å². The fraction of sp³-hybridized carbons (Fsp3) is 0.381. The first-order valence-corrected chi connectivity index (χ1v) is 17.4. The Labute approximate surface area is 313 Å². The van der Waals surface area contributed by atoms with Gasteiger partial charge in [-0.05, 0) is 109 Å². The fourth-order valence-corrected chi connectivity index (χ4v) is 5.32. The van der Waals surface area contributed by atoms with Crippen molar-refractivity contribution in [1.29, 1.82) is 0 Å². The molecule has 0 aromatic heterocycles. The van der Waals surface area contributed by atoms with E-state index in [-0.39, 0.29) is 40.1 Å². The van der Waals surface area contributed by atoms with E-state index in [9.17, 15) is 10.2 Å². The summed E-state index contributed by atoms with van der Waals surface area (Å²) in [5.41, 5.74) is 7.19. The number of aromatic hydroxyl groups is 2. The largest absolute Gasteiger partial charge is 2.00 e. The van der Waals surface area contributed by atoms with Gasteiger partial charge in [-0.2, -0.15) is 0 Å². The van der Waals surface area contributed by atoms with Gasteiger partial charge in [0.2, 0.25) is 0 Å². The molecule has 4 aromatic carbocycles. The molecule has 0 saturated carbocycles. The molecular formula is C42H52CoN2O6. The van der Waals surface area contributed by atoms with Crippen molar-refractivity contribution in [2.24, 2.45) is 9.98 Å². The Morgan fingerprint density at radius 2 is 1.00 bits per heavy atom. The minimum atomic E-state index is -1.08. The van der Waals surface area contributed by atoms with E-state index in [1.165, 1.54) is 11.1 Å². The maximum absolute atomic E-state index is 11.1. The van der Waals surface area contributed by atoms with Gasteiger partial charge in [-0.1, -0.05) is 90.8 Å². The van der Waals surface area contributed by atoms with Gasteiger partial charge >= 0.3 is 16.8 Å². The van der Waals surface area contributed by atoms with Crippen molar-refractivity contribution < 1.29 is 46.8 Å². The van der Waals surface area contributed by atoms with E-state index in [1.807, 2.05) is 24.3 Å². The monoisotopic (exact) mass is 739 g/mol. The molecule has 0 saturated heterocycles. The number of phenols is 2. The minimum Gasteiger partial charge on any atom is -0.550 e. The average molecular weight is 740 g/mol. The zero-order valence-corrected chi connectivity index (χ0v) is 32.1. The number of benzene rings is 4. The molecule has 0 aliphatic rings. The Balaban J connectivity index is 0.00000131. The van der Waals surface area contributed by atoms with Crippen molar-refractivity contribution in [2.75, 3.05) is 0 Å². The summed E-state index contributed by atoms with van der Waals surface area (Å²) in [6.07, 6.45) is 9.93. The van der Waals surface area contributed by atoms with E-state index in [1.54, 1.807) is 12.4 Å². The van der Waals surface area contributed by atoms with Crippen LogP contribution in [0, 0.1) is 0 Å². The number of carboxylic acids is 2. The van der Waals surface area contributed by atoms with Crippen molar-refractivity contribution in [1.82, 2.24) is 0 Å². The molecule has 51 heavy (non-hydrogen) atoms. The first-order valence-electron chi connectivity index (χ1n) is 17.4. The molecule has 0 fully saturated rings. The van der Waals surface area contributed by atoms with E-state index in [2.05, 4.69) is 77.9 Å². The zero-order valence-electron chi connectivity index (χ0n) is 31.1. The third kappa shape index (κ3) is 14.7. The van der Waals surface area contributed by atoms with E-state index in [4.69, 9.17) is 29.8 Å². The van der Waals surface area contributed by atoms with Gasteiger partial charge in [-0.3, -0.25) is 9.98 Å². The van der Waals surface area contributed by atoms with Gasteiger partial charge in [0.25, 0.3) is 0 Å². The van der Waals surface area contributed by atoms with Crippen LogP contribution in [0.15, 0.2) is 70.6 Å². The fourth-order valence-electron chi connectivity index (χ4n) is 5.32. The summed E-state index contributed by atoms with van der Waals surface area (Å²) in [5, 5.41) is 42.2. The maximum Gasteiger partial charge on any atom is 2.00 e. The second kappa shape index (κ2) is 22.4. The van der Waals surface area contributed by atoms with Crippen LogP contribution in [0.4, 0.5) is 11.4 Å². The molecule has 0 atom stereocenters. The van der Waals surface area contributed by atoms with Gasteiger partial charge in [0.05, 0.1) is 11.4 Å². The molecule has 4 rings (SSSR count). The molecule has 1 radical (unpaired) electrons. The van der Waals surface area contributed by atoms with Crippen LogP contribution in [0.5, 0.6) is 11.5 Å². The minimum absolute atomic E-state index is 0. The second-order valence-corrected chi connectivity index (χ2v) is 12.9. The summed E-state index contributed by atoms with van der Waals surface area (Å²) in [4.78, 5) is 27.6. The quantitative estimate of drug-likeness (QED) is 0.140. The molecule has 0 unspecified atom stereocenters. The smallest absolute Gasteiger partial charge is 0.550 e. The number of hydrogen-bond acceptors (Lipinski definition) is 8. The number of aliphatic imine (C=N–C) groups is 2. The zero-order chi connectivity index (χ0) is 37.4.